The van der Waals surface area contributed by atoms with Crippen molar-refractivity contribution >= 4 is 27.3 Å². The lowest BCUT2D eigenvalue weighted by Gasteiger charge is -2.11. The average molecular weight is 325 g/mol. The summed E-state index contributed by atoms with van der Waals surface area (Å²) >= 11 is 3.40. The lowest BCUT2D eigenvalue weighted by molar-refractivity contribution is 0.416. The number of nitrogen functional groups attached to an aromatic ring is 1. The summed E-state index contributed by atoms with van der Waals surface area (Å²) in [6.07, 6.45) is 0. The molecule has 0 amide bonds. The molecule has 0 radical (unpaired) electrons. The number of nitrogens with two attached hydrogens (primary N) is 1. The van der Waals surface area contributed by atoms with Crippen LogP contribution >= 0.6 is 15.9 Å². The summed E-state index contributed by atoms with van der Waals surface area (Å²) in [5, 5.41) is 3.03. The van der Waals surface area contributed by atoms with Gasteiger partial charge in [0.05, 0.1) is 18.5 Å². The lowest BCUT2D eigenvalue weighted by Crippen LogP contribution is -2.03. The van der Waals surface area contributed by atoms with Crippen molar-refractivity contribution < 1.29 is 9.13 Å². The van der Waals surface area contributed by atoms with E-state index < -0.39 is 5.82 Å². The summed E-state index contributed by atoms with van der Waals surface area (Å²) in [4.78, 5) is 0. The van der Waals surface area contributed by atoms with Crippen LogP contribution in [0.3, 0.4) is 0 Å². The van der Waals surface area contributed by atoms with E-state index in [9.17, 15) is 4.39 Å². The van der Waals surface area contributed by atoms with Gasteiger partial charge in [0.15, 0.2) is 0 Å². The van der Waals surface area contributed by atoms with Crippen molar-refractivity contribution in [2.75, 3.05) is 18.2 Å². The Bertz CT molecular complexity index is 590. The second kappa shape index (κ2) is 5.93. The topological polar surface area (TPSA) is 47.3 Å². The third-order valence-corrected chi connectivity index (χ3v) is 3.18. The molecule has 2 rings (SSSR count). The van der Waals surface area contributed by atoms with Crippen molar-refractivity contribution in [1.29, 1.82) is 0 Å². The summed E-state index contributed by atoms with van der Waals surface area (Å²) in [5.74, 6) is 0.0615. The summed E-state index contributed by atoms with van der Waals surface area (Å²) in [7, 11) is 1.50. The van der Waals surface area contributed by atoms with Crippen LogP contribution in [0.2, 0.25) is 0 Å². The Morgan fingerprint density at radius 3 is 2.79 bits per heavy atom. The van der Waals surface area contributed by atoms with E-state index >= 15 is 0 Å². The number of methoxy groups -OCH3 is 1. The highest BCUT2D eigenvalue weighted by atomic mass is 79.9. The Morgan fingerprint density at radius 1 is 1.32 bits per heavy atom. The Morgan fingerprint density at radius 2 is 2.11 bits per heavy atom. The molecular weight excluding hydrogens is 311 g/mol. The van der Waals surface area contributed by atoms with Crippen molar-refractivity contribution in [3.8, 4) is 5.75 Å². The molecule has 100 valence electrons. The van der Waals surface area contributed by atoms with E-state index in [0.717, 1.165) is 10.0 Å². The van der Waals surface area contributed by atoms with Crippen LogP contribution in [0.15, 0.2) is 40.9 Å². The number of anilines is 2. The van der Waals surface area contributed by atoms with Crippen LogP contribution in [0, 0.1) is 5.82 Å². The third kappa shape index (κ3) is 3.38. The fourth-order valence-corrected chi connectivity index (χ4v) is 2.17. The van der Waals surface area contributed by atoms with Crippen LogP contribution in [0.1, 0.15) is 5.56 Å². The van der Waals surface area contributed by atoms with Crippen LogP contribution in [0.25, 0.3) is 0 Å². The quantitative estimate of drug-likeness (QED) is 0.841. The summed E-state index contributed by atoms with van der Waals surface area (Å²) in [6, 6.07) is 10.6. The number of ether oxygens (including phenoxy) is 1. The van der Waals surface area contributed by atoms with Gasteiger partial charge in [0.2, 0.25) is 0 Å². The van der Waals surface area contributed by atoms with Crippen molar-refractivity contribution in [3.05, 3.63) is 52.3 Å². The van der Waals surface area contributed by atoms with Crippen molar-refractivity contribution in [2.45, 2.75) is 6.54 Å². The zero-order valence-electron chi connectivity index (χ0n) is 10.4. The fourth-order valence-electron chi connectivity index (χ4n) is 1.73. The SMILES string of the molecule is COc1cc(NCc2cccc(Br)c2)c(F)cc1N. The summed E-state index contributed by atoms with van der Waals surface area (Å²) < 4.78 is 19.8. The van der Waals surface area contributed by atoms with Crippen molar-refractivity contribution in [3.63, 3.8) is 0 Å². The first-order valence-corrected chi connectivity index (χ1v) is 6.51. The Kier molecular flexibility index (Phi) is 4.27. The Hall–Kier alpha value is -1.75. The standard InChI is InChI=1S/C14H14BrFN2O/c1-19-14-7-13(11(16)6-12(14)17)18-8-9-3-2-4-10(15)5-9/h2-7,18H,8,17H2,1H3. The molecule has 2 aromatic carbocycles. The molecule has 0 aliphatic carbocycles. The molecule has 0 unspecified atom stereocenters. The molecule has 3 N–H and O–H groups in total. The lowest BCUT2D eigenvalue weighted by atomic mass is 10.2. The van der Waals surface area contributed by atoms with Gasteiger partial charge in [0.1, 0.15) is 11.6 Å². The van der Waals surface area contributed by atoms with Gasteiger partial charge in [0.25, 0.3) is 0 Å². The minimum Gasteiger partial charge on any atom is -0.495 e. The molecule has 0 aliphatic heterocycles. The van der Waals surface area contributed by atoms with Crippen LogP contribution < -0.4 is 15.8 Å². The fraction of sp³-hybridized carbons (Fsp3) is 0.143. The normalized spacial score (nSPS) is 10.3. The smallest absolute Gasteiger partial charge is 0.148 e. The molecule has 0 spiro atoms. The number of halogens is 2. The highest BCUT2D eigenvalue weighted by Gasteiger charge is 2.08. The molecule has 0 aromatic heterocycles. The first kappa shape index (κ1) is 13.7. The van der Waals surface area contributed by atoms with Crippen LogP contribution in [0.4, 0.5) is 15.8 Å². The van der Waals surface area contributed by atoms with E-state index in [1.54, 1.807) is 6.07 Å². The average Bonchev–Trinajstić information content (AvgIpc) is 2.38. The molecule has 0 atom stereocenters. The highest BCUT2D eigenvalue weighted by molar-refractivity contribution is 9.10. The molecule has 0 saturated carbocycles. The predicted molar refractivity (Wildman–Crippen MR) is 78.8 cm³/mol. The van der Waals surface area contributed by atoms with Crippen LogP contribution in [0.5, 0.6) is 5.75 Å². The van der Waals surface area contributed by atoms with E-state index in [0.29, 0.717) is 18.0 Å². The van der Waals surface area contributed by atoms with Gasteiger partial charge in [-0.1, -0.05) is 28.1 Å². The summed E-state index contributed by atoms with van der Waals surface area (Å²) in [6.45, 7) is 0.517. The largest absolute Gasteiger partial charge is 0.495 e. The number of rotatable bonds is 4. The number of nitrogens with one attached hydrogen (secondary N) is 1. The van der Waals surface area contributed by atoms with E-state index in [1.807, 2.05) is 24.3 Å². The summed E-state index contributed by atoms with van der Waals surface area (Å²) in [5.41, 5.74) is 7.33. The molecule has 19 heavy (non-hydrogen) atoms. The number of benzene rings is 2. The van der Waals surface area contributed by atoms with Crippen LogP contribution in [-0.4, -0.2) is 7.11 Å². The molecule has 3 nitrogen and oxygen atoms in total. The maximum absolute atomic E-state index is 13.7. The Balaban J connectivity index is 2.15. The van der Waals surface area contributed by atoms with Gasteiger partial charge in [-0.05, 0) is 17.7 Å². The second-order valence-electron chi connectivity index (χ2n) is 4.06. The molecule has 0 saturated heterocycles. The van der Waals surface area contributed by atoms with Crippen LogP contribution in [-0.2, 0) is 6.54 Å². The maximum atomic E-state index is 13.7. The van der Waals surface area contributed by atoms with Gasteiger partial charge in [0, 0.05) is 23.2 Å². The minimum absolute atomic E-state index is 0.285. The Labute approximate surface area is 119 Å². The molecule has 0 heterocycles. The van der Waals surface area contributed by atoms with Gasteiger partial charge in [-0.25, -0.2) is 4.39 Å². The zero-order chi connectivity index (χ0) is 13.8. The third-order valence-electron chi connectivity index (χ3n) is 2.69. The first-order valence-electron chi connectivity index (χ1n) is 5.71. The minimum atomic E-state index is -0.395. The maximum Gasteiger partial charge on any atom is 0.148 e. The van der Waals surface area contributed by atoms with Crippen molar-refractivity contribution in [2.24, 2.45) is 0 Å². The van der Waals surface area contributed by atoms with E-state index in [4.69, 9.17) is 10.5 Å². The molecular formula is C14H14BrFN2O. The molecule has 0 bridgehead atoms. The molecule has 5 heteroatoms. The second-order valence-corrected chi connectivity index (χ2v) is 4.97. The molecule has 2 aromatic rings. The number of hydrogen-bond acceptors (Lipinski definition) is 3. The first-order chi connectivity index (χ1) is 9.10. The number of hydrogen-bond donors (Lipinski definition) is 2. The van der Waals surface area contributed by atoms with Crippen molar-refractivity contribution in [1.82, 2.24) is 0 Å². The monoisotopic (exact) mass is 324 g/mol. The van der Waals surface area contributed by atoms with E-state index in [1.165, 1.54) is 13.2 Å². The van der Waals surface area contributed by atoms with E-state index in [-0.39, 0.29) is 5.69 Å². The van der Waals surface area contributed by atoms with Gasteiger partial charge in [-0.15, -0.1) is 0 Å². The predicted octanol–water partition coefficient (Wildman–Crippen LogP) is 3.79. The zero-order valence-corrected chi connectivity index (χ0v) is 12.0. The highest BCUT2D eigenvalue weighted by Crippen LogP contribution is 2.28. The molecule has 0 aliphatic rings. The van der Waals surface area contributed by atoms with Gasteiger partial charge in [-0.2, -0.15) is 0 Å². The van der Waals surface area contributed by atoms with Gasteiger partial charge >= 0.3 is 0 Å². The van der Waals surface area contributed by atoms with Gasteiger partial charge < -0.3 is 15.8 Å². The van der Waals surface area contributed by atoms with Gasteiger partial charge in [-0.3, -0.25) is 0 Å². The van der Waals surface area contributed by atoms with E-state index in [2.05, 4.69) is 21.2 Å². The molecule has 0 fully saturated rings.